The molecule has 0 bridgehead atoms. The van der Waals surface area contributed by atoms with E-state index in [1.807, 2.05) is 19.9 Å². The summed E-state index contributed by atoms with van der Waals surface area (Å²) in [5, 5.41) is 0. The van der Waals surface area contributed by atoms with Gasteiger partial charge in [-0.15, -0.1) is 0 Å². The molecule has 2 heteroatoms. The van der Waals surface area contributed by atoms with Gasteiger partial charge in [-0.05, 0) is 63.1 Å². The molecule has 1 aromatic carbocycles. The van der Waals surface area contributed by atoms with E-state index in [0.717, 1.165) is 18.4 Å². The monoisotopic (exact) mass is 245 g/mol. The summed E-state index contributed by atoms with van der Waals surface area (Å²) >= 11 is 0. The zero-order chi connectivity index (χ0) is 13.2. The smallest absolute Gasteiger partial charge is 0.162 e. The highest BCUT2D eigenvalue weighted by atomic mass is 16.1. The van der Waals surface area contributed by atoms with E-state index in [1.54, 1.807) is 0 Å². The Labute approximate surface area is 110 Å². The number of rotatable bonds is 4. The van der Waals surface area contributed by atoms with Gasteiger partial charge in [0.25, 0.3) is 0 Å². The van der Waals surface area contributed by atoms with E-state index < -0.39 is 0 Å². The summed E-state index contributed by atoms with van der Waals surface area (Å²) in [6.45, 7) is 3.93. The molecule has 0 radical (unpaired) electrons. The molecular formula is C16H23NO. The Balaban J connectivity index is 2.07. The van der Waals surface area contributed by atoms with Crippen LogP contribution < -0.4 is 5.73 Å². The molecule has 1 aliphatic rings. The number of fused-ring (bicyclic) bond motifs is 1. The molecule has 0 aliphatic heterocycles. The van der Waals surface area contributed by atoms with Gasteiger partial charge in [-0.25, -0.2) is 0 Å². The Morgan fingerprint density at radius 1 is 1.22 bits per heavy atom. The molecule has 0 fully saturated rings. The number of hydrogen-bond donors (Lipinski definition) is 1. The van der Waals surface area contributed by atoms with Crippen molar-refractivity contribution in [1.82, 2.24) is 0 Å². The highest BCUT2D eigenvalue weighted by Crippen LogP contribution is 2.23. The largest absolute Gasteiger partial charge is 0.326 e. The van der Waals surface area contributed by atoms with Crippen molar-refractivity contribution in [2.24, 2.45) is 5.73 Å². The van der Waals surface area contributed by atoms with Crippen molar-refractivity contribution >= 4 is 5.78 Å². The van der Waals surface area contributed by atoms with Crippen molar-refractivity contribution in [3.05, 3.63) is 34.9 Å². The molecule has 0 atom stereocenters. The number of benzene rings is 1. The molecule has 0 amide bonds. The first kappa shape index (κ1) is 13.3. The predicted octanol–water partition coefficient (Wildman–Crippen LogP) is 3.27. The molecule has 1 aromatic rings. The van der Waals surface area contributed by atoms with Gasteiger partial charge in [0.15, 0.2) is 5.78 Å². The van der Waals surface area contributed by atoms with E-state index in [2.05, 4.69) is 12.1 Å². The maximum Gasteiger partial charge on any atom is 0.162 e. The number of hydrogen-bond acceptors (Lipinski definition) is 2. The number of nitrogens with two attached hydrogens (primary N) is 1. The number of carbonyl (C=O) groups excluding carboxylic acids is 1. The third-order valence-electron chi connectivity index (χ3n) is 3.67. The highest BCUT2D eigenvalue weighted by molar-refractivity contribution is 5.96. The average Bonchev–Trinajstić information content (AvgIpc) is 2.34. The minimum absolute atomic E-state index is 0.224. The van der Waals surface area contributed by atoms with Crippen LogP contribution in [0.3, 0.4) is 0 Å². The molecule has 1 aliphatic carbocycles. The van der Waals surface area contributed by atoms with Crippen LogP contribution in [0, 0.1) is 0 Å². The first-order valence-corrected chi connectivity index (χ1v) is 6.90. The lowest BCUT2D eigenvalue weighted by molar-refractivity contribution is 0.0972. The summed E-state index contributed by atoms with van der Waals surface area (Å²) in [6.07, 6.45) is 6.10. The number of Topliss-reactive ketones (excluding diaryl/α,β-unsaturated/α-hetero) is 1. The average molecular weight is 245 g/mol. The van der Waals surface area contributed by atoms with E-state index in [4.69, 9.17) is 5.73 Å². The SMILES string of the molecule is CC(C)(N)CCC(=O)c1ccc2c(c1)CCCC2. The zero-order valence-electron chi connectivity index (χ0n) is 11.5. The van der Waals surface area contributed by atoms with Gasteiger partial charge in [-0.1, -0.05) is 12.1 Å². The van der Waals surface area contributed by atoms with E-state index in [0.29, 0.717) is 6.42 Å². The molecule has 2 N–H and O–H groups in total. The Morgan fingerprint density at radius 3 is 2.56 bits per heavy atom. The van der Waals surface area contributed by atoms with Crippen LogP contribution in [0.2, 0.25) is 0 Å². The molecule has 0 unspecified atom stereocenters. The quantitative estimate of drug-likeness (QED) is 0.827. The summed E-state index contributed by atoms with van der Waals surface area (Å²) in [6, 6.07) is 6.21. The molecule has 0 saturated carbocycles. The molecule has 18 heavy (non-hydrogen) atoms. The van der Waals surface area contributed by atoms with Crippen LogP contribution in [0.15, 0.2) is 18.2 Å². The van der Waals surface area contributed by atoms with Crippen molar-refractivity contribution < 1.29 is 4.79 Å². The molecule has 98 valence electrons. The van der Waals surface area contributed by atoms with Crippen LogP contribution in [-0.4, -0.2) is 11.3 Å². The summed E-state index contributed by atoms with van der Waals surface area (Å²) in [4.78, 5) is 12.1. The maximum absolute atomic E-state index is 12.1. The lowest BCUT2D eigenvalue weighted by Crippen LogP contribution is -2.32. The highest BCUT2D eigenvalue weighted by Gasteiger charge is 2.16. The third-order valence-corrected chi connectivity index (χ3v) is 3.67. The Hall–Kier alpha value is -1.15. The van der Waals surface area contributed by atoms with Crippen LogP contribution >= 0.6 is 0 Å². The molecule has 2 rings (SSSR count). The minimum Gasteiger partial charge on any atom is -0.326 e. The van der Waals surface area contributed by atoms with Gasteiger partial charge in [-0.3, -0.25) is 4.79 Å². The minimum atomic E-state index is -0.260. The molecule has 2 nitrogen and oxygen atoms in total. The first-order valence-electron chi connectivity index (χ1n) is 6.90. The number of ketones is 1. The van der Waals surface area contributed by atoms with Crippen LogP contribution in [0.5, 0.6) is 0 Å². The fourth-order valence-electron chi connectivity index (χ4n) is 2.49. The van der Waals surface area contributed by atoms with Crippen LogP contribution in [0.25, 0.3) is 0 Å². The van der Waals surface area contributed by atoms with Crippen molar-refractivity contribution in [2.75, 3.05) is 0 Å². The topological polar surface area (TPSA) is 43.1 Å². The summed E-state index contributed by atoms with van der Waals surface area (Å²) in [5.41, 5.74) is 9.32. The molecule has 0 aromatic heterocycles. The van der Waals surface area contributed by atoms with Crippen LogP contribution in [0.1, 0.15) is 61.0 Å². The number of carbonyl (C=O) groups is 1. The fourth-order valence-corrected chi connectivity index (χ4v) is 2.49. The zero-order valence-corrected chi connectivity index (χ0v) is 11.5. The maximum atomic E-state index is 12.1. The van der Waals surface area contributed by atoms with Gasteiger partial charge < -0.3 is 5.73 Å². The van der Waals surface area contributed by atoms with Gasteiger partial charge >= 0.3 is 0 Å². The fraction of sp³-hybridized carbons (Fsp3) is 0.562. The van der Waals surface area contributed by atoms with Gasteiger partial charge in [-0.2, -0.15) is 0 Å². The van der Waals surface area contributed by atoms with E-state index in [-0.39, 0.29) is 11.3 Å². The molecule has 0 saturated heterocycles. The van der Waals surface area contributed by atoms with Crippen molar-refractivity contribution in [2.45, 2.75) is 57.9 Å². The summed E-state index contributed by atoms with van der Waals surface area (Å²) < 4.78 is 0. The molecule has 0 heterocycles. The molecule has 0 spiro atoms. The van der Waals surface area contributed by atoms with Crippen molar-refractivity contribution in [3.63, 3.8) is 0 Å². The van der Waals surface area contributed by atoms with E-state index >= 15 is 0 Å². The Morgan fingerprint density at radius 2 is 1.89 bits per heavy atom. The lowest BCUT2D eigenvalue weighted by atomic mass is 9.88. The second-order valence-electron chi connectivity index (χ2n) is 6.10. The van der Waals surface area contributed by atoms with E-state index in [1.165, 1.54) is 30.4 Å². The van der Waals surface area contributed by atoms with E-state index in [9.17, 15) is 4.79 Å². The Kier molecular flexibility index (Phi) is 3.86. The van der Waals surface area contributed by atoms with Gasteiger partial charge in [0.2, 0.25) is 0 Å². The lowest BCUT2D eigenvalue weighted by Gasteiger charge is -2.18. The second-order valence-corrected chi connectivity index (χ2v) is 6.10. The second kappa shape index (κ2) is 5.23. The summed E-state index contributed by atoms with van der Waals surface area (Å²) in [5.74, 6) is 0.224. The van der Waals surface area contributed by atoms with Gasteiger partial charge in [0.05, 0.1) is 0 Å². The molecular weight excluding hydrogens is 222 g/mol. The standard InChI is InChI=1S/C16H23NO/c1-16(2,17)10-9-15(18)14-8-7-12-5-3-4-6-13(12)11-14/h7-8,11H,3-6,9-10,17H2,1-2H3. The Bertz CT molecular complexity index is 443. The number of aryl methyl sites for hydroxylation is 2. The third kappa shape index (κ3) is 3.42. The predicted molar refractivity (Wildman–Crippen MR) is 74.9 cm³/mol. The van der Waals surface area contributed by atoms with Crippen molar-refractivity contribution in [3.8, 4) is 0 Å². The van der Waals surface area contributed by atoms with Crippen LogP contribution in [-0.2, 0) is 12.8 Å². The van der Waals surface area contributed by atoms with Gasteiger partial charge in [0.1, 0.15) is 0 Å². The first-order chi connectivity index (χ1) is 8.46. The van der Waals surface area contributed by atoms with Crippen molar-refractivity contribution in [1.29, 1.82) is 0 Å². The normalized spacial score (nSPS) is 15.3. The van der Waals surface area contributed by atoms with Crippen LogP contribution in [0.4, 0.5) is 0 Å². The summed E-state index contributed by atoms with van der Waals surface area (Å²) in [7, 11) is 0. The van der Waals surface area contributed by atoms with Gasteiger partial charge in [0, 0.05) is 17.5 Å².